The van der Waals surface area contributed by atoms with Crippen LogP contribution in [0.2, 0.25) is 0 Å². The van der Waals surface area contributed by atoms with Crippen LogP contribution in [0.5, 0.6) is 0 Å². The minimum atomic E-state index is 0.275. The molecule has 0 unspecified atom stereocenters. The summed E-state index contributed by atoms with van der Waals surface area (Å²) in [4.78, 5) is 11.9. The Balaban J connectivity index is 1.87. The van der Waals surface area contributed by atoms with Crippen LogP contribution >= 0.6 is 0 Å². The van der Waals surface area contributed by atoms with Crippen LogP contribution in [0.15, 0.2) is 57.9 Å². The molecule has 2 heterocycles. The highest BCUT2D eigenvalue weighted by Crippen LogP contribution is 2.27. The van der Waals surface area contributed by atoms with Crippen molar-refractivity contribution >= 4 is 11.8 Å². The fraction of sp³-hybridized carbons (Fsp3) is 0.500. The van der Waals surface area contributed by atoms with Crippen molar-refractivity contribution in [3.8, 4) is 0 Å². The molecule has 3 rings (SSSR count). The molecule has 6 heteroatoms. The Labute approximate surface area is 181 Å². The fourth-order valence-corrected chi connectivity index (χ4v) is 3.67. The number of nitrogens with one attached hydrogen (secondary N) is 1. The van der Waals surface area contributed by atoms with Crippen molar-refractivity contribution in [3.63, 3.8) is 0 Å². The van der Waals surface area contributed by atoms with Crippen LogP contribution in [0.25, 0.3) is 0 Å². The number of fused-ring (bicyclic) bond motifs is 1. The first-order valence-electron chi connectivity index (χ1n) is 10.7. The van der Waals surface area contributed by atoms with Crippen molar-refractivity contribution in [2.24, 2.45) is 15.4 Å². The van der Waals surface area contributed by atoms with Gasteiger partial charge in [0.05, 0.1) is 5.70 Å². The number of benzene rings is 1. The van der Waals surface area contributed by atoms with Gasteiger partial charge in [0.1, 0.15) is 11.7 Å². The lowest BCUT2D eigenvalue weighted by Crippen LogP contribution is -2.47. The van der Waals surface area contributed by atoms with Crippen LogP contribution < -0.4 is 5.32 Å². The van der Waals surface area contributed by atoms with Gasteiger partial charge in [0, 0.05) is 25.2 Å². The van der Waals surface area contributed by atoms with Gasteiger partial charge >= 0.3 is 0 Å². The van der Waals surface area contributed by atoms with Crippen LogP contribution in [-0.2, 0) is 6.42 Å². The standard InChI is InChI=1S/C24H36N6/c1-8-20-16-21-26-22(19-12-10-18(11-13-19)17-24(2,3)4)27-23(30(21)29(20)7)25-14-9-15-28(5)6/h8,10-13,16H,9,14-15,17H2,1-7H3,(H,25,26,27)/b20-8+. The van der Waals surface area contributed by atoms with Crippen LogP contribution in [-0.4, -0.2) is 60.9 Å². The summed E-state index contributed by atoms with van der Waals surface area (Å²) in [7, 11) is 6.22. The average molecular weight is 409 g/mol. The smallest absolute Gasteiger partial charge is 0.248 e. The molecule has 162 valence electrons. The highest BCUT2D eigenvalue weighted by atomic mass is 15.7. The minimum Gasteiger partial charge on any atom is -0.324 e. The number of hydrogen-bond acceptors (Lipinski definition) is 4. The third kappa shape index (κ3) is 5.30. The fourth-order valence-electron chi connectivity index (χ4n) is 3.67. The Morgan fingerprint density at radius 3 is 2.47 bits per heavy atom. The maximum absolute atomic E-state index is 4.89. The number of guanidine groups is 1. The van der Waals surface area contributed by atoms with E-state index in [4.69, 9.17) is 9.98 Å². The van der Waals surface area contributed by atoms with E-state index in [0.717, 1.165) is 54.8 Å². The SMILES string of the molecule is C/C=C1\C=C2NC(c3ccc(CC(C)(C)C)cc3)=NC(=NCCCN(C)C)N2N1C. The number of rotatable bonds is 6. The molecular formula is C24H36N6. The molecule has 6 nitrogen and oxygen atoms in total. The van der Waals surface area contributed by atoms with Crippen LogP contribution in [0.1, 0.15) is 45.2 Å². The molecule has 0 spiro atoms. The molecule has 1 N–H and O–H groups in total. The number of hydrogen-bond donors (Lipinski definition) is 1. The molecule has 1 aromatic rings. The summed E-state index contributed by atoms with van der Waals surface area (Å²) in [6.45, 7) is 10.6. The van der Waals surface area contributed by atoms with Gasteiger partial charge in [-0.2, -0.15) is 4.99 Å². The lowest BCUT2D eigenvalue weighted by molar-refractivity contribution is 0.179. The van der Waals surface area contributed by atoms with E-state index < -0.39 is 0 Å². The van der Waals surface area contributed by atoms with Gasteiger partial charge in [-0.05, 0) is 51.4 Å². The Kier molecular flexibility index (Phi) is 6.66. The number of allylic oxidation sites excluding steroid dienone is 2. The molecule has 2 aliphatic rings. The van der Waals surface area contributed by atoms with Crippen molar-refractivity contribution in [1.29, 1.82) is 0 Å². The number of likely N-dealkylation sites (N-methyl/N-ethyl adjacent to an activating group) is 1. The highest BCUT2D eigenvalue weighted by molar-refractivity contribution is 6.09. The first kappa shape index (κ1) is 22.1. The molecule has 0 aromatic heterocycles. The van der Waals surface area contributed by atoms with E-state index in [1.54, 1.807) is 0 Å². The van der Waals surface area contributed by atoms with Crippen molar-refractivity contribution in [1.82, 2.24) is 20.2 Å². The van der Waals surface area contributed by atoms with Crippen molar-refractivity contribution in [2.45, 2.75) is 40.5 Å². The molecule has 0 atom stereocenters. The maximum Gasteiger partial charge on any atom is 0.248 e. The maximum atomic E-state index is 4.89. The predicted molar refractivity (Wildman–Crippen MR) is 126 cm³/mol. The highest BCUT2D eigenvalue weighted by Gasteiger charge is 2.32. The summed E-state index contributed by atoms with van der Waals surface area (Å²) in [5.74, 6) is 2.56. The van der Waals surface area contributed by atoms with Gasteiger partial charge in [-0.15, -0.1) is 0 Å². The lowest BCUT2D eigenvalue weighted by atomic mass is 9.88. The summed E-state index contributed by atoms with van der Waals surface area (Å²) in [6.07, 6.45) is 6.29. The van der Waals surface area contributed by atoms with E-state index in [9.17, 15) is 0 Å². The zero-order valence-corrected chi connectivity index (χ0v) is 19.5. The third-order valence-corrected chi connectivity index (χ3v) is 5.11. The summed E-state index contributed by atoms with van der Waals surface area (Å²) >= 11 is 0. The molecule has 0 radical (unpaired) electrons. The Morgan fingerprint density at radius 1 is 1.17 bits per heavy atom. The van der Waals surface area contributed by atoms with Crippen molar-refractivity contribution < 1.29 is 0 Å². The second kappa shape index (κ2) is 9.04. The van der Waals surface area contributed by atoms with E-state index in [-0.39, 0.29) is 5.41 Å². The first-order chi connectivity index (χ1) is 14.2. The van der Waals surface area contributed by atoms with Gasteiger partial charge in [-0.3, -0.25) is 5.01 Å². The number of hydrazine groups is 1. The van der Waals surface area contributed by atoms with E-state index >= 15 is 0 Å². The third-order valence-electron chi connectivity index (χ3n) is 5.11. The molecule has 1 aromatic carbocycles. The minimum absolute atomic E-state index is 0.275. The van der Waals surface area contributed by atoms with Gasteiger partial charge < -0.3 is 10.2 Å². The molecule has 30 heavy (non-hydrogen) atoms. The molecule has 0 amide bonds. The quantitative estimate of drug-likeness (QED) is 0.727. The van der Waals surface area contributed by atoms with Crippen LogP contribution in [0.4, 0.5) is 0 Å². The normalized spacial score (nSPS) is 19.3. The van der Waals surface area contributed by atoms with E-state index in [1.807, 2.05) is 19.0 Å². The number of nitrogens with zero attached hydrogens (tertiary/aromatic N) is 5. The monoisotopic (exact) mass is 408 g/mol. The second-order valence-corrected chi connectivity index (χ2v) is 9.44. The van der Waals surface area contributed by atoms with Crippen LogP contribution in [0, 0.1) is 5.41 Å². The topological polar surface area (TPSA) is 46.5 Å². The zero-order chi connectivity index (χ0) is 21.9. The molecule has 0 saturated carbocycles. The average Bonchev–Trinajstić information content (AvgIpc) is 3.00. The largest absolute Gasteiger partial charge is 0.324 e. The number of amidine groups is 1. The van der Waals surface area contributed by atoms with Crippen molar-refractivity contribution in [3.05, 3.63) is 59.1 Å². The molecular weight excluding hydrogens is 372 g/mol. The first-order valence-corrected chi connectivity index (χ1v) is 10.7. The van der Waals surface area contributed by atoms with Gasteiger partial charge in [0.15, 0.2) is 0 Å². The summed E-state index contributed by atoms with van der Waals surface area (Å²) < 4.78 is 0. The zero-order valence-electron chi connectivity index (χ0n) is 19.5. The Morgan fingerprint density at radius 2 is 1.87 bits per heavy atom. The second-order valence-electron chi connectivity index (χ2n) is 9.44. The number of aliphatic imine (C=N–C) groups is 2. The van der Waals surface area contributed by atoms with Gasteiger partial charge in [0.2, 0.25) is 5.96 Å². The van der Waals surface area contributed by atoms with E-state index in [2.05, 4.69) is 86.5 Å². The van der Waals surface area contributed by atoms with E-state index in [1.165, 1.54) is 5.56 Å². The molecule has 0 aliphatic carbocycles. The van der Waals surface area contributed by atoms with Gasteiger partial charge in [0.25, 0.3) is 0 Å². The Bertz CT molecular complexity index is 868. The molecule has 2 aliphatic heterocycles. The van der Waals surface area contributed by atoms with E-state index in [0.29, 0.717) is 0 Å². The Hall–Kier alpha value is -2.60. The molecule has 0 fully saturated rings. The summed E-state index contributed by atoms with van der Waals surface area (Å²) in [5.41, 5.74) is 3.82. The van der Waals surface area contributed by atoms with Gasteiger partial charge in [-0.1, -0.05) is 51.1 Å². The lowest BCUT2D eigenvalue weighted by Gasteiger charge is -2.33. The molecule has 0 bridgehead atoms. The molecule has 0 saturated heterocycles. The van der Waals surface area contributed by atoms with Crippen molar-refractivity contribution in [2.75, 3.05) is 34.2 Å². The summed E-state index contributed by atoms with van der Waals surface area (Å²) in [6, 6.07) is 8.72. The summed E-state index contributed by atoms with van der Waals surface area (Å²) in [5, 5.41) is 7.63. The predicted octanol–water partition coefficient (Wildman–Crippen LogP) is 3.84. The van der Waals surface area contributed by atoms with Crippen LogP contribution in [0.3, 0.4) is 0 Å². The van der Waals surface area contributed by atoms with Gasteiger partial charge in [-0.25, -0.2) is 10.0 Å².